The second kappa shape index (κ2) is 7.36. The van der Waals surface area contributed by atoms with E-state index in [1.807, 2.05) is 25.4 Å². The zero-order valence-electron chi connectivity index (χ0n) is 10.6. The summed E-state index contributed by atoms with van der Waals surface area (Å²) in [6, 6.07) is 6.10. The molecule has 0 aromatic carbocycles. The molecule has 0 spiro atoms. The van der Waals surface area contributed by atoms with Crippen LogP contribution in [0, 0.1) is 5.92 Å². The molecule has 1 N–H and O–H groups in total. The lowest BCUT2D eigenvalue weighted by Gasteiger charge is -2.20. The SMILES string of the molecule is CNCC(C)CN(C)CCc1ccccn1. The van der Waals surface area contributed by atoms with Crippen LogP contribution in [-0.4, -0.2) is 43.6 Å². The van der Waals surface area contributed by atoms with Gasteiger partial charge in [0.05, 0.1) is 0 Å². The van der Waals surface area contributed by atoms with Crippen molar-refractivity contribution < 1.29 is 0 Å². The molecule has 1 aromatic rings. The van der Waals surface area contributed by atoms with Crippen molar-refractivity contribution in [3.05, 3.63) is 30.1 Å². The van der Waals surface area contributed by atoms with Crippen LogP contribution in [0.15, 0.2) is 24.4 Å². The monoisotopic (exact) mass is 221 g/mol. The molecule has 1 aromatic heterocycles. The minimum absolute atomic E-state index is 0.693. The summed E-state index contributed by atoms with van der Waals surface area (Å²) in [4.78, 5) is 6.70. The number of nitrogens with one attached hydrogen (secondary N) is 1. The third-order valence-corrected chi connectivity index (χ3v) is 2.65. The molecule has 0 radical (unpaired) electrons. The van der Waals surface area contributed by atoms with Gasteiger partial charge in [0.25, 0.3) is 0 Å². The minimum atomic E-state index is 0.693. The number of hydrogen-bond acceptors (Lipinski definition) is 3. The lowest BCUT2D eigenvalue weighted by molar-refractivity contribution is 0.285. The van der Waals surface area contributed by atoms with E-state index in [0.29, 0.717) is 5.92 Å². The van der Waals surface area contributed by atoms with Crippen molar-refractivity contribution in [1.82, 2.24) is 15.2 Å². The maximum absolute atomic E-state index is 4.33. The van der Waals surface area contributed by atoms with E-state index in [9.17, 15) is 0 Å². The standard InChI is InChI=1S/C13H23N3/c1-12(10-14-2)11-16(3)9-7-13-6-4-5-8-15-13/h4-6,8,12,14H,7,9-11H2,1-3H3. The van der Waals surface area contributed by atoms with Gasteiger partial charge in [0, 0.05) is 31.4 Å². The zero-order chi connectivity index (χ0) is 11.8. The maximum atomic E-state index is 4.33. The predicted octanol–water partition coefficient (Wildman–Crippen LogP) is 1.41. The van der Waals surface area contributed by atoms with E-state index >= 15 is 0 Å². The molecule has 0 aliphatic carbocycles. The van der Waals surface area contributed by atoms with Crippen molar-refractivity contribution in [2.24, 2.45) is 5.92 Å². The molecule has 0 fully saturated rings. The normalized spacial score (nSPS) is 13.0. The summed E-state index contributed by atoms with van der Waals surface area (Å²) < 4.78 is 0. The minimum Gasteiger partial charge on any atom is -0.319 e. The van der Waals surface area contributed by atoms with Gasteiger partial charge >= 0.3 is 0 Å². The van der Waals surface area contributed by atoms with Crippen molar-refractivity contribution in [2.45, 2.75) is 13.3 Å². The van der Waals surface area contributed by atoms with E-state index < -0.39 is 0 Å². The number of pyridine rings is 1. The summed E-state index contributed by atoms with van der Waals surface area (Å²) in [5, 5.41) is 3.21. The van der Waals surface area contributed by atoms with E-state index in [2.05, 4.69) is 35.2 Å². The van der Waals surface area contributed by atoms with Crippen LogP contribution in [0.2, 0.25) is 0 Å². The van der Waals surface area contributed by atoms with Crippen LogP contribution < -0.4 is 5.32 Å². The van der Waals surface area contributed by atoms with Crippen molar-refractivity contribution in [3.8, 4) is 0 Å². The van der Waals surface area contributed by atoms with Crippen LogP contribution in [0.5, 0.6) is 0 Å². The quantitative estimate of drug-likeness (QED) is 0.754. The Balaban J connectivity index is 2.22. The van der Waals surface area contributed by atoms with Gasteiger partial charge in [-0.25, -0.2) is 0 Å². The molecule has 0 amide bonds. The first kappa shape index (κ1) is 13.1. The molecule has 0 aliphatic heterocycles. The lowest BCUT2D eigenvalue weighted by Crippen LogP contribution is -2.31. The molecule has 16 heavy (non-hydrogen) atoms. The highest BCUT2D eigenvalue weighted by Crippen LogP contribution is 2.00. The fraction of sp³-hybridized carbons (Fsp3) is 0.615. The second-order valence-corrected chi connectivity index (χ2v) is 4.50. The molecular weight excluding hydrogens is 198 g/mol. The topological polar surface area (TPSA) is 28.2 Å². The molecule has 1 heterocycles. The highest BCUT2D eigenvalue weighted by atomic mass is 15.1. The Morgan fingerprint density at radius 1 is 1.44 bits per heavy atom. The molecule has 1 unspecified atom stereocenters. The van der Waals surface area contributed by atoms with Crippen LogP contribution >= 0.6 is 0 Å². The van der Waals surface area contributed by atoms with Gasteiger partial charge in [0.1, 0.15) is 0 Å². The van der Waals surface area contributed by atoms with E-state index in [1.165, 1.54) is 5.69 Å². The molecule has 1 atom stereocenters. The Morgan fingerprint density at radius 3 is 2.88 bits per heavy atom. The number of aromatic nitrogens is 1. The predicted molar refractivity (Wildman–Crippen MR) is 68.5 cm³/mol. The summed E-state index contributed by atoms with van der Waals surface area (Å²) in [5.41, 5.74) is 1.18. The van der Waals surface area contributed by atoms with Gasteiger partial charge in [0.2, 0.25) is 0 Å². The lowest BCUT2D eigenvalue weighted by atomic mass is 10.1. The van der Waals surface area contributed by atoms with Crippen molar-refractivity contribution in [1.29, 1.82) is 0 Å². The van der Waals surface area contributed by atoms with Crippen LogP contribution in [0.3, 0.4) is 0 Å². The Kier molecular flexibility index (Phi) is 6.04. The van der Waals surface area contributed by atoms with Gasteiger partial charge in [-0.1, -0.05) is 13.0 Å². The molecule has 3 nitrogen and oxygen atoms in total. The summed E-state index contributed by atoms with van der Waals surface area (Å²) >= 11 is 0. The number of hydrogen-bond donors (Lipinski definition) is 1. The third kappa shape index (κ3) is 5.24. The summed E-state index contributed by atoms with van der Waals surface area (Å²) in [6.45, 7) is 5.56. The first-order valence-corrected chi connectivity index (χ1v) is 5.95. The smallest absolute Gasteiger partial charge is 0.0416 e. The van der Waals surface area contributed by atoms with Gasteiger partial charge in [-0.15, -0.1) is 0 Å². The average molecular weight is 221 g/mol. The first-order valence-electron chi connectivity index (χ1n) is 5.95. The summed E-state index contributed by atoms with van der Waals surface area (Å²) in [6.07, 6.45) is 2.89. The average Bonchev–Trinajstić information content (AvgIpc) is 2.28. The third-order valence-electron chi connectivity index (χ3n) is 2.65. The molecule has 3 heteroatoms. The van der Waals surface area contributed by atoms with E-state index in [0.717, 1.165) is 26.1 Å². The Labute approximate surface area is 98.9 Å². The van der Waals surface area contributed by atoms with Crippen LogP contribution in [0.25, 0.3) is 0 Å². The number of rotatable bonds is 7. The number of nitrogens with zero attached hydrogens (tertiary/aromatic N) is 2. The number of likely N-dealkylation sites (N-methyl/N-ethyl adjacent to an activating group) is 1. The van der Waals surface area contributed by atoms with Crippen LogP contribution in [0.1, 0.15) is 12.6 Å². The molecule has 0 saturated carbocycles. The highest BCUT2D eigenvalue weighted by molar-refractivity contribution is 5.03. The van der Waals surface area contributed by atoms with Crippen molar-refractivity contribution in [2.75, 3.05) is 33.7 Å². The fourth-order valence-corrected chi connectivity index (χ4v) is 1.89. The first-order chi connectivity index (χ1) is 7.72. The van der Waals surface area contributed by atoms with Crippen molar-refractivity contribution in [3.63, 3.8) is 0 Å². The highest BCUT2D eigenvalue weighted by Gasteiger charge is 2.05. The summed E-state index contributed by atoms with van der Waals surface area (Å²) in [7, 11) is 4.18. The van der Waals surface area contributed by atoms with Crippen molar-refractivity contribution >= 4 is 0 Å². The van der Waals surface area contributed by atoms with Gasteiger partial charge in [-0.3, -0.25) is 4.98 Å². The van der Waals surface area contributed by atoms with E-state index in [4.69, 9.17) is 0 Å². The molecule has 0 bridgehead atoms. The van der Waals surface area contributed by atoms with Gasteiger partial charge in [0.15, 0.2) is 0 Å². The summed E-state index contributed by atoms with van der Waals surface area (Å²) in [5.74, 6) is 0.693. The molecule has 0 saturated heterocycles. The van der Waals surface area contributed by atoms with Gasteiger partial charge in [-0.2, -0.15) is 0 Å². The van der Waals surface area contributed by atoms with E-state index in [1.54, 1.807) is 0 Å². The Bertz CT molecular complexity index is 274. The molecule has 90 valence electrons. The van der Waals surface area contributed by atoms with Crippen LogP contribution in [0.4, 0.5) is 0 Å². The largest absolute Gasteiger partial charge is 0.319 e. The zero-order valence-corrected chi connectivity index (χ0v) is 10.6. The van der Waals surface area contributed by atoms with Gasteiger partial charge < -0.3 is 10.2 Å². The van der Waals surface area contributed by atoms with Gasteiger partial charge in [-0.05, 0) is 38.7 Å². The molecular formula is C13H23N3. The second-order valence-electron chi connectivity index (χ2n) is 4.50. The fourth-order valence-electron chi connectivity index (χ4n) is 1.89. The van der Waals surface area contributed by atoms with E-state index in [-0.39, 0.29) is 0 Å². The molecule has 1 rings (SSSR count). The van der Waals surface area contributed by atoms with Crippen LogP contribution in [-0.2, 0) is 6.42 Å². The maximum Gasteiger partial charge on any atom is 0.0416 e. The Hall–Kier alpha value is -0.930. The Morgan fingerprint density at radius 2 is 2.25 bits per heavy atom. The molecule has 0 aliphatic rings.